The van der Waals surface area contributed by atoms with E-state index in [1.54, 1.807) is 0 Å². The average Bonchev–Trinajstić information content (AvgIpc) is 3.29. The van der Waals surface area contributed by atoms with Crippen LogP contribution in [0.1, 0.15) is 27.3 Å². The number of ketones is 1. The van der Waals surface area contributed by atoms with Gasteiger partial charge < -0.3 is 14.6 Å². The van der Waals surface area contributed by atoms with E-state index in [2.05, 4.69) is 43.7 Å². The number of ether oxygens (including phenoxy) is 1. The summed E-state index contributed by atoms with van der Waals surface area (Å²) in [5, 5.41) is 9.63. The van der Waals surface area contributed by atoms with Crippen molar-refractivity contribution in [1.82, 2.24) is 19.7 Å². The zero-order valence-corrected chi connectivity index (χ0v) is 17.8. The average molecular weight is 412 g/mol. The van der Waals surface area contributed by atoms with Crippen LogP contribution in [0.25, 0.3) is 5.69 Å². The summed E-state index contributed by atoms with van der Waals surface area (Å²) < 4.78 is 7.55. The Morgan fingerprint density at radius 3 is 2.62 bits per heavy atom. The number of thioether (sulfide) groups is 1. The maximum Gasteiger partial charge on any atom is 0.232 e. The molecule has 7 nitrogen and oxygen atoms in total. The van der Waals surface area contributed by atoms with Gasteiger partial charge in [-0.15, -0.1) is 10.2 Å². The van der Waals surface area contributed by atoms with Gasteiger partial charge in [0.25, 0.3) is 0 Å². The molecule has 1 fully saturated rings. The molecule has 1 N–H and O–H groups in total. The van der Waals surface area contributed by atoms with Gasteiger partial charge in [0.05, 0.1) is 24.7 Å². The van der Waals surface area contributed by atoms with E-state index in [9.17, 15) is 4.79 Å². The first-order valence-electron chi connectivity index (χ1n) is 9.71. The molecule has 3 aromatic rings. The number of rotatable bonds is 6. The molecule has 29 heavy (non-hydrogen) atoms. The largest absolute Gasteiger partial charge is 0.378 e. The molecule has 0 aliphatic carbocycles. The van der Waals surface area contributed by atoms with Crippen molar-refractivity contribution in [2.24, 2.45) is 0 Å². The highest BCUT2D eigenvalue weighted by Crippen LogP contribution is 2.29. The fourth-order valence-electron chi connectivity index (χ4n) is 3.57. The number of carbonyl (C=O) groups excluding carboxylic acids is 1. The number of morpholine rings is 1. The lowest BCUT2D eigenvalue weighted by atomic mass is 10.2. The van der Waals surface area contributed by atoms with Crippen LogP contribution in [0.2, 0.25) is 0 Å². The molecule has 0 unspecified atom stereocenters. The zero-order chi connectivity index (χ0) is 20.4. The number of aryl methyl sites for hydroxylation is 3. The Hall–Kier alpha value is -2.58. The molecule has 1 aliphatic rings. The van der Waals surface area contributed by atoms with Crippen LogP contribution in [-0.4, -0.2) is 57.6 Å². The van der Waals surface area contributed by atoms with Gasteiger partial charge in [-0.25, -0.2) is 0 Å². The predicted molar refractivity (Wildman–Crippen MR) is 114 cm³/mol. The monoisotopic (exact) mass is 411 g/mol. The van der Waals surface area contributed by atoms with Gasteiger partial charge in [-0.05, 0) is 38.5 Å². The van der Waals surface area contributed by atoms with Gasteiger partial charge >= 0.3 is 0 Å². The first kappa shape index (κ1) is 19.7. The summed E-state index contributed by atoms with van der Waals surface area (Å²) in [6, 6.07) is 10.1. The van der Waals surface area contributed by atoms with E-state index in [0.29, 0.717) is 19.0 Å². The second kappa shape index (κ2) is 8.42. The summed E-state index contributed by atoms with van der Waals surface area (Å²) >= 11 is 1.42. The van der Waals surface area contributed by atoms with Crippen molar-refractivity contribution >= 4 is 23.5 Å². The second-order valence-corrected chi connectivity index (χ2v) is 8.15. The molecule has 152 valence electrons. The lowest BCUT2D eigenvalue weighted by Gasteiger charge is -2.28. The van der Waals surface area contributed by atoms with Gasteiger partial charge in [0.2, 0.25) is 5.95 Å². The van der Waals surface area contributed by atoms with Gasteiger partial charge in [0, 0.05) is 30.0 Å². The first-order chi connectivity index (χ1) is 14.0. The molecule has 0 spiro atoms. The van der Waals surface area contributed by atoms with Gasteiger partial charge in [-0.2, -0.15) is 0 Å². The molecule has 1 saturated heterocycles. The maximum absolute atomic E-state index is 12.8. The summed E-state index contributed by atoms with van der Waals surface area (Å²) in [5.74, 6) is 1.20. The zero-order valence-electron chi connectivity index (χ0n) is 16.9. The minimum atomic E-state index is 0.0871. The Kier molecular flexibility index (Phi) is 5.73. The van der Waals surface area contributed by atoms with Crippen LogP contribution in [0.3, 0.4) is 0 Å². The van der Waals surface area contributed by atoms with Crippen molar-refractivity contribution in [3.05, 3.63) is 52.8 Å². The number of benzene rings is 1. The Morgan fingerprint density at radius 2 is 1.93 bits per heavy atom. The van der Waals surface area contributed by atoms with Crippen LogP contribution in [0, 0.1) is 20.8 Å². The molecule has 8 heteroatoms. The number of nitrogens with one attached hydrogen (secondary N) is 1. The molecule has 0 radical (unpaired) electrons. The van der Waals surface area contributed by atoms with E-state index >= 15 is 0 Å². The molecule has 0 saturated carbocycles. The Morgan fingerprint density at radius 1 is 1.17 bits per heavy atom. The van der Waals surface area contributed by atoms with E-state index in [-0.39, 0.29) is 5.78 Å². The number of para-hydroxylation sites is 1. The number of aromatic nitrogens is 4. The van der Waals surface area contributed by atoms with Crippen LogP contribution < -0.4 is 4.90 Å². The summed E-state index contributed by atoms with van der Waals surface area (Å²) in [5.41, 5.74) is 4.80. The maximum atomic E-state index is 12.8. The van der Waals surface area contributed by atoms with E-state index in [4.69, 9.17) is 4.74 Å². The van der Waals surface area contributed by atoms with Crippen molar-refractivity contribution < 1.29 is 9.53 Å². The van der Waals surface area contributed by atoms with Crippen LogP contribution in [0.4, 0.5) is 5.95 Å². The molecule has 0 atom stereocenters. The van der Waals surface area contributed by atoms with Gasteiger partial charge in [-0.1, -0.05) is 30.0 Å². The smallest absolute Gasteiger partial charge is 0.232 e. The highest BCUT2D eigenvalue weighted by Gasteiger charge is 2.23. The number of anilines is 1. The first-order valence-corrected chi connectivity index (χ1v) is 10.7. The van der Waals surface area contributed by atoms with Crippen LogP contribution in [0.5, 0.6) is 0 Å². The number of aromatic amines is 1. The summed E-state index contributed by atoms with van der Waals surface area (Å²) in [4.78, 5) is 18.1. The van der Waals surface area contributed by atoms with E-state index in [0.717, 1.165) is 52.4 Å². The fraction of sp³-hybridized carbons (Fsp3) is 0.381. The summed E-state index contributed by atoms with van der Waals surface area (Å²) in [6.07, 6.45) is 0. The summed E-state index contributed by atoms with van der Waals surface area (Å²) in [6.45, 7) is 8.86. The molecule has 1 aliphatic heterocycles. The highest BCUT2D eigenvalue weighted by atomic mass is 32.2. The lowest BCUT2D eigenvalue weighted by Crippen LogP contribution is -2.38. The van der Waals surface area contributed by atoms with Gasteiger partial charge in [-0.3, -0.25) is 9.36 Å². The third kappa shape index (κ3) is 4.09. The third-order valence-corrected chi connectivity index (χ3v) is 5.98. The molecule has 4 rings (SSSR count). The van der Waals surface area contributed by atoms with E-state index in [1.807, 2.05) is 32.0 Å². The molecule has 2 aromatic heterocycles. The van der Waals surface area contributed by atoms with Crippen LogP contribution in [0.15, 0.2) is 35.5 Å². The standard InChI is InChI=1S/C21H25N5O2S/c1-14-6-4-5-7-18(14)26-20(25-8-10-28-11-9-25)23-24-21(26)29-13-19(27)17-12-15(2)22-16(17)3/h4-7,12,22H,8-11,13H2,1-3H3. The number of hydrogen-bond donors (Lipinski definition) is 1. The van der Waals surface area contributed by atoms with Gasteiger partial charge in [0.15, 0.2) is 10.9 Å². The minimum absolute atomic E-state index is 0.0871. The van der Waals surface area contributed by atoms with Crippen LogP contribution >= 0.6 is 11.8 Å². The number of hydrogen-bond acceptors (Lipinski definition) is 6. The number of Topliss-reactive ketones (excluding diaryl/α,β-unsaturated/α-hetero) is 1. The lowest BCUT2D eigenvalue weighted by molar-refractivity contribution is 0.102. The van der Waals surface area contributed by atoms with E-state index < -0.39 is 0 Å². The van der Waals surface area contributed by atoms with Crippen molar-refractivity contribution in [3.63, 3.8) is 0 Å². The SMILES string of the molecule is Cc1cc(C(=O)CSc2nnc(N3CCOCC3)n2-c2ccccc2C)c(C)[nH]1. The molecular weight excluding hydrogens is 386 g/mol. The third-order valence-electron chi connectivity index (χ3n) is 5.05. The fourth-order valence-corrected chi connectivity index (χ4v) is 4.39. The Labute approximate surface area is 174 Å². The van der Waals surface area contributed by atoms with Gasteiger partial charge in [0.1, 0.15) is 0 Å². The van der Waals surface area contributed by atoms with Crippen molar-refractivity contribution in [1.29, 1.82) is 0 Å². The topological polar surface area (TPSA) is 76.0 Å². The van der Waals surface area contributed by atoms with Crippen molar-refractivity contribution in [2.75, 3.05) is 37.0 Å². The predicted octanol–water partition coefficient (Wildman–Crippen LogP) is 3.33. The Bertz CT molecular complexity index is 1020. The van der Waals surface area contributed by atoms with Crippen molar-refractivity contribution in [3.8, 4) is 5.69 Å². The molecule has 0 bridgehead atoms. The molecule has 1 aromatic carbocycles. The number of carbonyl (C=O) groups is 1. The summed E-state index contributed by atoms with van der Waals surface area (Å²) in [7, 11) is 0. The molecule has 0 amide bonds. The highest BCUT2D eigenvalue weighted by molar-refractivity contribution is 7.99. The quantitative estimate of drug-likeness (QED) is 0.495. The molecule has 3 heterocycles. The minimum Gasteiger partial charge on any atom is -0.378 e. The number of nitrogens with zero attached hydrogens (tertiary/aromatic N) is 4. The number of H-pyrrole nitrogens is 1. The molecular formula is C21H25N5O2S. The van der Waals surface area contributed by atoms with E-state index in [1.165, 1.54) is 11.8 Å². The van der Waals surface area contributed by atoms with Crippen molar-refractivity contribution in [2.45, 2.75) is 25.9 Å². The normalized spacial score (nSPS) is 14.4. The second-order valence-electron chi connectivity index (χ2n) is 7.21. The Balaban J connectivity index is 1.64. The van der Waals surface area contributed by atoms with Crippen LogP contribution in [-0.2, 0) is 4.74 Å².